The highest BCUT2D eigenvalue weighted by Gasteiger charge is 2.05. The molecule has 17 heavy (non-hydrogen) atoms. The molecule has 0 aliphatic carbocycles. The number of rotatable bonds is 6. The molecule has 0 radical (unpaired) electrons. The van der Waals surface area contributed by atoms with Crippen LogP contribution in [-0.4, -0.2) is 19.2 Å². The Morgan fingerprint density at radius 2 is 1.82 bits per heavy atom. The van der Waals surface area contributed by atoms with Gasteiger partial charge in [0.25, 0.3) is 0 Å². The first-order valence-corrected chi connectivity index (χ1v) is 6.07. The molecule has 1 aromatic carbocycles. The van der Waals surface area contributed by atoms with Gasteiger partial charge in [-0.3, -0.25) is 0 Å². The lowest BCUT2D eigenvalue weighted by Gasteiger charge is -2.17. The largest absolute Gasteiger partial charge is 0.491 e. The van der Waals surface area contributed by atoms with Crippen LogP contribution < -0.4 is 10.1 Å². The third-order valence-electron chi connectivity index (χ3n) is 2.63. The molecule has 1 atom stereocenters. The summed E-state index contributed by atoms with van der Waals surface area (Å²) in [6, 6.07) is 6.65. The van der Waals surface area contributed by atoms with E-state index < -0.39 is 0 Å². The molecule has 98 valence electrons. The zero-order chi connectivity index (χ0) is 12.0. The van der Waals surface area contributed by atoms with Crippen molar-refractivity contribution in [1.82, 2.24) is 5.32 Å². The number of halogens is 1. The molecule has 1 N–H and O–H groups in total. The van der Waals surface area contributed by atoms with E-state index in [0.29, 0.717) is 6.04 Å². The summed E-state index contributed by atoms with van der Waals surface area (Å²) >= 11 is 0. The van der Waals surface area contributed by atoms with E-state index in [0.717, 1.165) is 25.3 Å². The van der Waals surface area contributed by atoms with Crippen LogP contribution in [0.25, 0.3) is 0 Å². The second kappa shape index (κ2) is 8.37. The smallest absolute Gasteiger partial charge is 0.125 e. The molecule has 0 heterocycles. The van der Waals surface area contributed by atoms with Crippen LogP contribution in [-0.2, 0) is 0 Å². The van der Waals surface area contributed by atoms with E-state index >= 15 is 0 Å². The minimum Gasteiger partial charge on any atom is -0.491 e. The summed E-state index contributed by atoms with van der Waals surface area (Å²) in [5.74, 6) is 1.03. The molecule has 2 nitrogen and oxygen atoms in total. The average Bonchev–Trinajstić information content (AvgIpc) is 2.25. The van der Waals surface area contributed by atoms with Gasteiger partial charge in [0.1, 0.15) is 12.4 Å². The molecule has 0 fully saturated rings. The SMILES string of the molecule is CCCNC(C)COc1c(C)cccc1C.Cl. The predicted molar refractivity (Wildman–Crippen MR) is 76.4 cm³/mol. The van der Waals surface area contributed by atoms with Crippen LogP contribution in [0.5, 0.6) is 5.75 Å². The van der Waals surface area contributed by atoms with Gasteiger partial charge >= 0.3 is 0 Å². The molecule has 0 saturated carbocycles. The first-order valence-electron chi connectivity index (χ1n) is 6.07. The number of benzene rings is 1. The van der Waals surface area contributed by atoms with Gasteiger partial charge in [0, 0.05) is 6.04 Å². The second-order valence-electron chi connectivity index (χ2n) is 4.39. The predicted octanol–water partition coefficient (Wildman–Crippen LogP) is 3.49. The monoisotopic (exact) mass is 257 g/mol. The van der Waals surface area contributed by atoms with Crippen molar-refractivity contribution in [3.63, 3.8) is 0 Å². The summed E-state index contributed by atoms with van der Waals surface area (Å²) < 4.78 is 5.86. The Morgan fingerprint density at radius 1 is 1.24 bits per heavy atom. The van der Waals surface area contributed by atoms with Crippen molar-refractivity contribution in [1.29, 1.82) is 0 Å². The Hall–Kier alpha value is -0.730. The van der Waals surface area contributed by atoms with Gasteiger partial charge in [0.2, 0.25) is 0 Å². The summed E-state index contributed by atoms with van der Waals surface area (Å²) in [5.41, 5.74) is 2.42. The van der Waals surface area contributed by atoms with E-state index in [1.165, 1.54) is 11.1 Å². The fourth-order valence-electron chi connectivity index (χ4n) is 1.68. The van der Waals surface area contributed by atoms with E-state index in [4.69, 9.17) is 4.74 Å². The van der Waals surface area contributed by atoms with Gasteiger partial charge in [-0.25, -0.2) is 0 Å². The molecule has 0 aliphatic heterocycles. The van der Waals surface area contributed by atoms with Gasteiger partial charge in [-0.05, 0) is 44.9 Å². The van der Waals surface area contributed by atoms with E-state index in [-0.39, 0.29) is 12.4 Å². The van der Waals surface area contributed by atoms with Crippen LogP contribution in [0.1, 0.15) is 31.4 Å². The molecule has 0 aromatic heterocycles. The van der Waals surface area contributed by atoms with Crippen molar-refractivity contribution in [2.45, 2.75) is 40.2 Å². The zero-order valence-corrected chi connectivity index (χ0v) is 12.1. The highest BCUT2D eigenvalue weighted by atomic mass is 35.5. The van der Waals surface area contributed by atoms with Gasteiger partial charge in [0.05, 0.1) is 0 Å². The Morgan fingerprint density at radius 3 is 2.35 bits per heavy atom. The normalized spacial score (nSPS) is 11.8. The number of nitrogens with one attached hydrogen (secondary N) is 1. The van der Waals surface area contributed by atoms with Crippen molar-refractivity contribution < 1.29 is 4.74 Å². The maximum Gasteiger partial charge on any atom is 0.125 e. The summed E-state index contributed by atoms with van der Waals surface area (Å²) in [7, 11) is 0. The lowest BCUT2D eigenvalue weighted by Crippen LogP contribution is -2.32. The van der Waals surface area contributed by atoms with Crippen LogP contribution in [0.3, 0.4) is 0 Å². The Labute approximate surface area is 111 Å². The van der Waals surface area contributed by atoms with Crippen LogP contribution in [0.4, 0.5) is 0 Å². The molecule has 1 unspecified atom stereocenters. The van der Waals surface area contributed by atoms with Crippen LogP contribution >= 0.6 is 12.4 Å². The first-order chi connectivity index (χ1) is 7.65. The zero-order valence-electron chi connectivity index (χ0n) is 11.2. The van der Waals surface area contributed by atoms with Crippen molar-refractivity contribution in [3.05, 3.63) is 29.3 Å². The fraction of sp³-hybridized carbons (Fsp3) is 0.571. The molecule has 3 heteroatoms. The number of aryl methyl sites for hydroxylation is 2. The third-order valence-corrected chi connectivity index (χ3v) is 2.63. The maximum atomic E-state index is 5.86. The summed E-state index contributed by atoms with van der Waals surface area (Å²) in [4.78, 5) is 0. The topological polar surface area (TPSA) is 21.3 Å². The van der Waals surface area contributed by atoms with Gasteiger partial charge in [-0.1, -0.05) is 25.1 Å². The molecule has 0 saturated heterocycles. The Kier molecular flexibility index (Phi) is 8.01. The highest BCUT2D eigenvalue weighted by Crippen LogP contribution is 2.22. The number of hydrogen-bond acceptors (Lipinski definition) is 2. The molecule has 1 aromatic rings. The van der Waals surface area contributed by atoms with Crippen LogP contribution in [0.2, 0.25) is 0 Å². The number of para-hydroxylation sites is 1. The second-order valence-corrected chi connectivity index (χ2v) is 4.39. The lowest BCUT2D eigenvalue weighted by atomic mass is 10.1. The van der Waals surface area contributed by atoms with Gasteiger partial charge in [-0.15, -0.1) is 12.4 Å². The summed E-state index contributed by atoms with van der Waals surface area (Å²) in [6.45, 7) is 10.3. The Balaban J connectivity index is 0.00000256. The fourth-order valence-corrected chi connectivity index (χ4v) is 1.68. The van der Waals surface area contributed by atoms with Crippen molar-refractivity contribution >= 4 is 12.4 Å². The molecule has 0 amide bonds. The molecule has 0 aliphatic rings. The lowest BCUT2D eigenvalue weighted by molar-refractivity contribution is 0.270. The molecular weight excluding hydrogens is 234 g/mol. The minimum atomic E-state index is 0. The van der Waals surface area contributed by atoms with Gasteiger partial charge in [-0.2, -0.15) is 0 Å². The quantitative estimate of drug-likeness (QED) is 0.842. The standard InChI is InChI=1S/C14H23NO.ClH/c1-5-9-15-13(4)10-16-14-11(2)7-6-8-12(14)3;/h6-8,13,15H,5,9-10H2,1-4H3;1H. The first kappa shape index (κ1) is 16.3. The third kappa shape index (κ3) is 5.42. The molecular formula is C14H24ClNO. The Bertz CT molecular complexity index is 308. The van der Waals surface area contributed by atoms with E-state index in [9.17, 15) is 0 Å². The molecule has 1 rings (SSSR count). The number of ether oxygens (including phenoxy) is 1. The van der Waals surface area contributed by atoms with Crippen molar-refractivity contribution in [3.8, 4) is 5.75 Å². The van der Waals surface area contributed by atoms with Crippen LogP contribution in [0, 0.1) is 13.8 Å². The molecule has 0 bridgehead atoms. The minimum absolute atomic E-state index is 0. The van der Waals surface area contributed by atoms with Gasteiger partial charge in [0.15, 0.2) is 0 Å². The van der Waals surface area contributed by atoms with Crippen molar-refractivity contribution in [2.75, 3.05) is 13.2 Å². The van der Waals surface area contributed by atoms with Gasteiger partial charge < -0.3 is 10.1 Å². The highest BCUT2D eigenvalue weighted by molar-refractivity contribution is 5.85. The maximum absolute atomic E-state index is 5.86. The summed E-state index contributed by atoms with van der Waals surface area (Å²) in [5, 5.41) is 3.42. The molecule has 0 spiro atoms. The van der Waals surface area contributed by atoms with E-state index in [1.54, 1.807) is 0 Å². The summed E-state index contributed by atoms with van der Waals surface area (Å²) in [6.07, 6.45) is 1.16. The van der Waals surface area contributed by atoms with Crippen molar-refractivity contribution in [2.24, 2.45) is 0 Å². The van der Waals surface area contributed by atoms with E-state index in [1.807, 2.05) is 0 Å². The van der Waals surface area contributed by atoms with E-state index in [2.05, 4.69) is 51.2 Å². The number of hydrogen-bond donors (Lipinski definition) is 1. The van der Waals surface area contributed by atoms with Crippen LogP contribution in [0.15, 0.2) is 18.2 Å². The average molecular weight is 258 g/mol.